The van der Waals surface area contributed by atoms with E-state index < -0.39 is 0 Å². The van der Waals surface area contributed by atoms with Crippen molar-refractivity contribution in [2.45, 2.75) is 31.7 Å². The minimum Gasteiger partial charge on any atom is -0.382 e. The Morgan fingerprint density at radius 1 is 1.13 bits per heavy atom. The number of anilines is 1. The van der Waals surface area contributed by atoms with Crippen LogP contribution in [0, 0.1) is 0 Å². The summed E-state index contributed by atoms with van der Waals surface area (Å²) in [7, 11) is 0. The summed E-state index contributed by atoms with van der Waals surface area (Å²) in [5.41, 5.74) is 1.28. The molecule has 0 saturated heterocycles. The molecule has 2 aromatic rings. The second-order valence-corrected chi connectivity index (χ2v) is 5.25. The fourth-order valence-corrected chi connectivity index (χ4v) is 3.13. The van der Waals surface area contributed by atoms with E-state index in [1.54, 1.807) is 0 Å². The lowest BCUT2D eigenvalue weighted by Gasteiger charge is -2.13. The van der Waals surface area contributed by atoms with Crippen LogP contribution in [0.25, 0.3) is 10.1 Å². The van der Waals surface area contributed by atoms with Gasteiger partial charge >= 0.3 is 0 Å². The summed E-state index contributed by atoms with van der Waals surface area (Å²) in [6.07, 6.45) is 5.44. The molecule has 1 aliphatic carbocycles. The van der Waals surface area contributed by atoms with Crippen molar-refractivity contribution in [3.8, 4) is 0 Å². The molecule has 1 heterocycles. The molecular weight excluding hydrogens is 202 g/mol. The highest BCUT2D eigenvalue weighted by atomic mass is 32.1. The fourth-order valence-electron chi connectivity index (χ4n) is 2.36. The average Bonchev–Trinajstić information content (AvgIpc) is 2.87. The molecule has 2 heteroatoms. The molecule has 1 aromatic heterocycles. The van der Waals surface area contributed by atoms with Gasteiger partial charge in [0.1, 0.15) is 0 Å². The molecule has 78 valence electrons. The fraction of sp³-hybridized carbons (Fsp3) is 0.385. The SMILES string of the molecule is c1cc2cc(NC3CCCC3)ccc2s1. The van der Waals surface area contributed by atoms with E-state index in [9.17, 15) is 0 Å². The van der Waals surface area contributed by atoms with Gasteiger partial charge in [-0.1, -0.05) is 12.8 Å². The van der Waals surface area contributed by atoms with Crippen molar-refractivity contribution in [3.05, 3.63) is 29.6 Å². The van der Waals surface area contributed by atoms with Gasteiger partial charge in [-0.25, -0.2) is 0 Å². The Bertz CT molecular complexity index is 454. The highest BCUT2D eigenvalue weighted by Gasteiger charge is 2.14. The zero-order valence-corrected chi connectivity index (χ0v) is 9.52. The van der Waals surface area contributed by atoms with E-state index in [2.05, 4.69) is 35.0 Å². The Hall–Kier alpha value is -1.02. The molecule has 1 saturated carbocycles. The Kier molecular flexibility index (Phi) is 2.37. The van der Waals surface area contributed by atoms with Crippen LogP contribution in [-0.4, -0.2) is 6.04 Å². The number of rotatable bonds is 2. The maximum Gasteiger partial charge on any atom is 0.0349 e. The van der Waals surface area contributed by atoms with Crippen molar-refractivity contribution in [2.24, 2.45) is 0 Å². The molecule has 1 nitrogen and oxygen atoms in total. The molecular formula is C13H15NS. The van der Waals surface area contributed by atoms with Crippen LogP contribution in [0.4, 0.5) is 5.69 Å². The Labute approximate surface area is 94.1 Å². The van der Waals surface area contributed by atoms with Crippen LogP contribution in [0.5, 0.6) is 0 Å². The summed E-state index contributed by atoms with van der Waals surface area (Å²) in [6.45, 7) is 0. The van der Waals surface area contributed by atoms with Gasteiger partial charge in [0.15, 0.2) is 0 Å². The lowest BCUT2D eigenvalue weighted by Crippen LogP contribution is -2.14. The summed E-state index contributed by atoms with van der Waals surface area (Å²) in [5.74, 6) is 0. The van der Waals surface area contributed by atoms with Gasteiger partial charge in [0, 0.05) is 16.4 Å². The van der Waals surface area contributed by atoms with Gasteiger partial charge < -0.3 is 5.32 Å². The first-order chi connectivity index (χ1) is 7.42. The number of benzene rings is 1. The van der Waals surface area contributed by atoms with Crippen molar-refractivity contribution in [1.29, 1.82) is 0 Å². The monoisotopic (exact) mass is 217 g/mol. The van der Waals surface area contributed by atoms with Crippen molar-refractivity contribution in [1.82, 2.24) is 0 Å². The quantitative estimate of drug-likeness (QED) is 0.792. The Morgan fingerprint density at radius 2 is 2.00 bits per heavy atom. The third-order valence-corrected chi connectivity index (χ3v) is 4.08. The number of thiophene rings is 1. The number of hydrogen-bond donors (Lipinski definition) is 1. The van der Waals surface area contributed by atoms with Gasteiger partial charge in [-0.05, 0) is 47.9 Å². The first-order valence-corrected chi connectivity index (χ1v) is 6.53. The van der Waals surface area contributed by atoms with E-state index in [1.807, 2.05) is 11.3 Å². The Balaban J connectivity index is 1.84. The van der Waals surface area contributed by atoms with Crippen LogP contribution in [-0.2, 0) is 0 Å². The molecule has 1 fully saturated rings. The van der Waals surface area contributed by atoms with Crippen LogP contribution >= 0.6 is 11.3 Å². The third-order valence-electron chi connectivity index (χ3n) is 3.18. The van der Waals surface area contributed by atoms with Gasteiger partial charge in [0.2, 0.25) is 0 Å². The molecule has 0 atom stereocenters. The van der Waals surface area contributed by atoms with Gasteiger partial charge in [-0.2, -0.15) is 0 Å². The van der Waals surface area contributed by atoms with E-state index in [4.69, 9.17) is 0 Å². The molecule has 0 spiro atoms. The normalized spacial score (nSPS) is 17.3. The topological polar surface area (TPSA) is 12.0 Å². The molecule has 1 N–H and O–H groups in total. The number of fused-ring (bicyclic) bond motifs is 1. The Morgan fingerprint density at radius 3 is 2.87 bits per heavy atom. The molecule has 1 aromatic carbocycles. The van der Waals surface area contributed by atoms with Crippen LogP contribution < -0.4 is 5.32 Å². The third kappa shape index (κ3) is 1.86. The predicted molar refractivity (Wildman–Crippen MR) is 67.7 cm³/mol. The highest BCUT2D eigenvalue weighted by molar-refractivity contribution is 7.17. The summed E-state index contributed by atoms with van der Waals surface area (Å²) in [6, 6.07) is 9.60. The zero-order valence-electron chi connectivity index (χ0n) is 8.70. The molecule has 0 aliphatic heterocycles. The summed E-state index contributed by atoms with van der Waals surface area (Å²) in [4.78, 5) is 0. The molecule has 1 aliphatic rings. The van der Waals surface area contributed by atoms with E-state index in [1.165, 1.54) is 41.5 Å². The highest BCUT2D eigenvalue weighted by Crippen LogP contribution is 2.27. The molecule has 0 bridgehead atoms. The molecule has 0 radical (unpaired) electrons. The summed E-state index contributed by atoms with van der Waals surface area (Å²) < 4.78 is 1.38. The molecule has 0 amide bonds. The van der Waals surface area contributed by atoms with Crippen molar-refractivity contribution >= 4 is 27.1 Å². The van der Waals surface area contributed by atoms with Crippen molar-refractivity contribution < 1.29 is 0 Å². The first kappa shape index (κ1) is 9.22. The maximum absolute atomic E-state index is 3.63. The largest absolute Gasteiger partial charge is 0.382 e. The molecule has 15 heavy (non-hydrogen) atoms. The van der Waals surface area contributed by atoms with Crippen molar-refractivity contribution in [3.63, 3.8) is 0 Å². The van der Waals surface area contributed by atoms with E-state index in [0.29, 0.717) is 6.04 Å². The van der Waals surface area contributed by atoms with Gasteiger partial charge in [0.05, 0.1) is 0 Å². The smallest absolute Gasteiger partial charge is 0.0349 e. The lowest BCUT2D eigenvalue weighted by atomic mass is 10.2. The van der Waals surface area contributed by atoms with Crippen LogP contribution in [0.3, 0.4) is 0 Å². The summed E-state index contributed by atoms with van der Waals surface area (Å²) >= 11 is 1.81. The van der Waals surface area contributed by atoms with E-state index >= 15 is 0 Å². The standard InChI is InChI=1S/C13H15NS/c1-2-4-11(3-1)14-12-5-6-13-10(9-12)7-8-15-13/h5-9,11,14H,1-4H2. The zero-order chi connectivity index (χ0) is 10.1. The minimum absolute atomic E-state index is 0.709. The number of nitrogens with one attached hydrogen (secondary N) is 1. The van der Waals surface area contributed by atoms with E-state index in [0.717, 1.165) is 0 Å². The summed E-state index contributed by atoms with van der Waals surface area (Å²) in [5, 5.41) is 7.15. The van der Waals surface area contributed by atoms with Crippen LogP contribution in [0.2, 0.25) is 0 Å². The van der Waals surface area contributed by atoms with Crippen molar-refractivity contribution in [2.75, 3.05) is 5.32 Å². The predicted octanol–water partition coefficient (Wildman–Crippen LogP) is 4.26. The number of hydrogen-bond acceptors (Lipinski definition) is 2. The second kappa shape index (κ2) is 3.86. The lowest BCUT2D eigenvalue weighted by molar-refractivity contribution is 0.756. The second-order valence-electron chi connectivity index (χ2n) is 4.30. The minimum atomic E-state index is 0.709. The molecule has 3 rings (SSSR count). The van der Waals surface area contributed by atoms with Crippen LogP contribution in [0.15, 0.2) is 29.6 Å². The maximum atomic E-state index is 3.63. The van der Waals surface area contributed by atoms with Gasteiger partial charge in [-0.3, -0.25) is 0 Å². The first-order valence-electron chi connectivity index (χ1n) is 5.66. The average molecular weight is 217 g/mol. The van der Waals surface area contributed by atoms with Gasteiger partial charge in [-0.15, -0.1) is 11.3 Å². The van der Waals surface area contributed by atoms with Crippen LogP contribution in [0.1, 0.15) is 25.7 Å². The van der Waals surface area contributed by atoms with Gasteiger partial charge in [0.25, 0.3) is 0 Å². The molecule has 0 unspecified atom stereocenters. The van der Waals surface area contributed by atoms with E-state index in [-0.39, 0.29) is 0 Å².